The Kier molecular flexibility index (Phi) is 6.22. The average molecular weight is 429 g/mol. The van der Waals surface area contributed by atoms with Crippen molar-refractivity contribution >= 4 is 15.9 Å². The molecule has 1 aliphatic carbocycles. The standard InChI is InChI=1S/C23H28N2O4S/c1-17(19-10-9-18-5-2-3-6-20(18)15-19)24-23(26)21-7-4-8-22(16-21)30(27,28)25-11-13-29-14-12-25/h4,7-10,15-17H,2-3,5-6,11-14H2,1H3,(H,24,26). The van der Waals surface area contributed by atoms with Crippen molar-refractivity contribution in [3.63, 3.8) is 0 Å². The van der Waals surface area contributed by atoms with Crippen LogP contribution < -0.4 is 5.32 Å². The van der Waals surface area contributed by atoms with Crippen LogP contribution in [0.3, 0.4) is 0 Å². The van der Waals surface area contributed by atoms with Gasteiger partial charge in [-0.3, -0.25) is 4.79 Å². The molecule has 160 valence electrons. The van der Waals surface area contributed by atoms with Gasteiger partial charge in [0.1, 0.15) is 0 Å². The van der Waals surface area contributed by atoms with Crippen molar-refractivity contribution in [2.75, 3.05) is 26.3 Å². The zero-order valence-electron chi connectivity index (χ0n) is 17.3. The Balaban J connectivity index is 1.49. The fourth-order valence-corrected chi connectivity index (χ4v) is 5.57. The van der Waals surface area contributed by atoms with E-state index in [0.29, 0.717) is 31.9 Å². The van der Waals surface area contributed by atoms with Crippen LogP contribution in [0.4, 0.5) is 0 Å². The number of aryl methyl sites for hydroxylation is 2. The predicted molar refractivity (Wildman–Crippen MR) is 115 cm³/mol. The molecule has 0 saturated carbocycles. The third-order valence-electron chi connectivity index (χ3n) is 5.92. The molecule has 1 aliphatic heterocycles. The van der Waals surface area contributed by atoms with Crippen LogP contribution in [-0.4, -0.2) is 44.9 Å². The van der Waals surface area contributed by atoms with E-state index in [1.165, 1.54) is 40.4 Å². The number of carbonyl (C=O) groups is 1. The van der Waals surface area contributed by atoms with Gasteiger partial charge in [0.25, 0.3) is 5.91 Å². The lowest BCUT2D eigenvalue weighted by molar-refractivity contribution is 0.0730. The van der Waals surface area contributed by atoms with Crippen LogP contribution in [-0.2, 0) is 27.6 Å². The Hall–Kier alpha value is -2.22. The summed E-state index contributed by atoms with van der Waals surface area (Å²) < 4.78 is 32.4. The molecule has 7 heteroatoms. The van der Waals surface area contributed by atoms with Gasteiger partial charge in [0, 0.05) is 18.7 Å². The Morgan fingerprint density at radius 1 is 1.03 bits per heavy atom. The number of morpholine rings is 1. The lowest BCUT2D eigenvalue weighted by Crippen LogP contribution is -2.40. The highest BCUT2D eigenvalue weighted by molar-refractivity contribution is 7.89. The summed E-state index contributed by atoms with van der Waals surface area (Å²) in [5.41, 5.74) is 4.19. The van der Waals surface area contributed by atoms with Gasteiger partial charge in [0.15, 0.2) is 0 Å². The van der Waals surface area contributed by atoms with Crippen molar-refractivity contribution in [3.05, 3.63) is 64.7 Å². The second-order valence-corrected chi connectivity index (χ2v) is 9.91. The lowest BCUT2D eigenvalue weighted by Gasteiger charge is -2.26. The molecule has 4 rings (SSSR count). The van der Waals surface area contributed by atoms with Crippen LogP contribution in [0.1, 0.15) is 52.9 Å². The summed E-state index contributed by atoms with van der Waals surface area (Å²) in [6.45, 7) is 3.38. The summed E-state index contributed by atoms with van der Waals surface area (Å²) in [7, 11) is -3.64. The predicted octanol–water partition coefficient (Wildman–Crippen LogP) is 3.08. The molecular formula is C23H28N2O4S. The topological polar surface area (TPSA) is 75.7 Å². The van der Waals surface area contributed by atoms with Crippen molar-refractivity contribution in [3.8, 4) is 0 Å². The first-order valence-corrected chi connectivity index (χ1v) is 12.0. The van der Waals surface area contributed by atoms with E-state index in [1.54, 1.807) is 12.1 Å². The minimum absolute atomic E-state index is 0.137. The van der Waals surface area contributed by atoms with E-state index in [4.69, 9.17) is 4.74 Å². The number of benzene rings is 2. The largest absolute Gasteiger partial charge is 0.379 e. The minimum Gasteiger partial charge on any atom is -0.379 e. The molecule has 1 atom stereocenters. The minimum atomic E-state index is -3.64. The fourth-order valence-electron chi connectivity index (χ4n) is 4.12. The van der Waals surface area contributed by atoms with Gasteiger partial charge in [0.2, 0.25) is 10.0 Å². The van der Waals surface area contributed by atoms with E-state index in [9.17, 15) is 13.2 Å². The van der Waals surface area contributed by atoms with Gasteiger partial charge < -0.3 is 10.1 Å². The van der Waals surface area contributed by atoms with Gasteiger partial charge in [-0.25, -0.2) is 8.42 Å². The maximum Gasteiger partial charge on any atom is 0.251 e. The van der Waals surface area contributed by atoms with E-state index < -0.39 is 10.0 Å². The Labute approximate surface area is 178 Å². The average Bonchev–Trinajstić information content (AvgIpc) is 2.79. The van der Waals surface area contributed by atoms with Crippen molar-refractivity contribution in [1.82, 2.24) is 9.62 Å². The summed E-state index contributed by atoms with van der Waals surface area (Å²) in [6.07, 6.45) is 4.66. The summed E-state index contributed by atoms with van der Waals surface area (Å²) in [6, 6.07) is 12.5. The molecule has 0 bridgehead atoms. The Morgan fingerprint density at radius 3 is 2.53 bits per heavy atom. The number of sulfonamides is 1. The Bertz CT molecular complexity index is 1030. The van der Waals surface area contributed by atoms with Crippen LogP contribution in [0.5, 0.6) is 0 Å². The number of nitrogens with one attached hydrogen (secondary N) is 1. The zero-order valence-corrected chi connectivity index (χ0v) is 18.1. The molecule has 2 aliphatic rings. The molecule has 1 fully saturated rings. The number of carbonyl (C=O) groups excluding carboxylic acids is 1. The van der Waals surface area contributed by atoms with E-state index >= 15 is 0 Å². The van der Waals surface area contributed by atoms with Crippen molar-refractivity contribution < 1.29 is 17.9 Å². The summed E-state index contributed by atoms with van der Waals surface area (Å²) in [4.78, 5) is 13.0. The first-order valence-electron chi connectivity index (χ1n) is 10.6. The lowest BCUT2D eigenvalue weighted by atomic mass is 9.89. The number of hydrogen-bond acceptors (Lipinski definition) is 4. The molecule has 0 spiro atoms. The molecule has 1 N–H and O–H groups in total. The van der Waals surface area contributed by atoms with E-state index in [1.807, 2.05) is 6.92 Å². The molecule has 0 aromatic heterocycles. The molecule has 2 aromatic carbocycles. The molecule has 6 nitrogen and oxygen atoms in total. The second-order valence-electron chi connectivity index (χ2n) is 7.97. The van der Waals surface area contributed by atoms with Gasteiger partial charge in [0.05, 0.1) is 24.2 Å². The number of fused-ring (bicyclic) bond motifs is 1. The summed E-state index contributed by atoms with van der Waals surface area (Å²) in [5.74, 6) is -0.278. The van der Waals surface area contributed by atoms with Gasteiger partial charge in [-0.15, -0.1) is 0 Å². The zero-order chi connectivity index (χ0) is 21.1. The monoisotopic (exact) mass is 428 g/mol. The van der Waals surface area contributed by atoms with Gasteiger partial charge in [-0.05, 0) is 67.5 Å². The molecule has 1 unspecified atom stereocenters. The highest BCUT2D eigenvalue weighted by Crippen LogP contribution is 2.25. The maximum absolute atomic E-state index is 12.9. The molecule has 30 heavy (non-hydrogen) atoms. The van der Waals surface area contributed by atoms with Crippen LogP contribution in [0.25, 0.3) is 0 Å². The fraction of sp³-hybridized carbons (Fsp3) is 0.435. The van der Waals surface area contributed by atoms with Crippen LogP contribution >= 0.6 is 0 Å². The van der Waals surface area contributed by atoms with Crippen LogP contribution in [0, 0.1) is 0 Å². The van der Waals surface area contributed by atoms with Crippen LogP contribution in [0.15, 0.2) is 47.4 Å². The quantitative estimate of drug-likeness (QED) is 0.794. The molecule has 1 saturated heterocycles. The number of rotatable bonds is 5. The molecular weight excluding hydrogens is 400 g/mol. The second kappa shape index (κ2) is 8.88. The summed E-state index contributed by atoms with van der Waals surface area (Å²) >= 11 is 0. The Morgan fingerprint density at radius 2 is 1.77 bits per heavy atom. The van der Waals surface area contributed by atoms with Crippen molar-refractivity contribution in [2.24, 2.45) is 0 Å². The highest BCUT2D eigenvalue weighted by atomic mass is 32.2. The van der Waals surface area contributed by atoms with Crippen molar-refractivity contribution in [1.29, 1.82) is 0 Å². The number of amides is 1. The van der Waals surface area contributed by atoms with Gasteiger partial charge in [-0.2, -0.15) is 4.31 Å². The number of ether oxygens (including phenoxy) is 1. The molecule has 0 radical (unpaired) electrons. The summed E-state index contributed by atoms with van der Waals surface area (Å²) in [5, 5.41) is 3.01. The van der Waals surface area contributed by atoms with E-state index in [-0.39, 0.29) is 16.8 Å². The molecule has 1 amide bonds. The number of hydrogen-bond donors (Lipinski definition) is 1. The first-order chi connectivity index (χ1) is 14.4. The van der Waals surface area contributed by atoms with Crippen LogP contribution in [0.2, 0.25) is 0 Å². The molecule has 1 heterocycles. The van der Waals surface area contributed by atoms with Crippen molar-refractivity contribution in [2.45, 2.75) is 43.5 Å². The van der Waals surface area contributed by atoms with Gasteiger partial charge >= 0.3 is 0 Å². The SMILES string of the molecule is CC(NC(=O)c1cccc(S(=O)(=O)N2CCOCC2)c1)c1ccc2c(c1)CCCC2. The number of nitrogens with zero attached hydrogens (tertiary/aromatic N) is 1. The molecule has 2 aromatic rings. The third kappa shape index (κ3) is 4.43. The van der Waals surface area contributed by atoms with Gasteiger partial charge in [-0.1, -0.05) is 24.3 Å². The normalized spacial score (nSPS) is 18.4. The maximum atomic E-state index is 12.9. The smallest absolute Gasteiger partial charge is 0.251 e. The van der Waals surface area contributed by atoms with E-state index in [2.05, 4.69) is 23.5 Å². The highest BCUT2D eigenvalue weighted by Gasteiger charge is 2.27. The first kappa shape index (κ1) is 21.0. The third-order valence-corrected chi connectivity index (χ3v) is 7.82. The van der Waals surface area contributed by atoms with E-state index in [0.717, 1.165) is 18.4 Å².